The maximum Gasteiger partial charge on any atom is 0.373 e. The molecule has 0 aliphatic carbocycles. The number of imidazole rings is 1. The summed E-state index contributed by atoms with van der Waals surface area (Å²) in [6.07, 6.45) is 4.28. The number of esters is 1. The second kappa shape index (κ2) is 8.88. The first-order chi connectivity index (χ1) is 14.2. The molecule has 0 N–H and O–H groups in total. The lowest BCUT2D eigenvalue weighted by atomic mass is 10.1. The van der Waals surface area contributed by atoms with Gasteiger partial charge in [0.1, 0.15) is 5.76 Å². The van der Waals surface area contributed by atoms with Crippen LogP contribution in [0.5, 0.6) is 0 Å². The molecule has 29 heavy (non-hydrogen) atoms. The zero-order valence-corrected chi connectivity index (χ0v) is 17.4. The van der Waals surface area contributed by atoms with Crippen LogP contribution in [0.4, 0.5) is 0 Å². The summed E-state index contributed by atoms with van der Waals surface area (Å²) in [5, 5.41) is 0.894. The van der Waals surface area contributed by atoms with Crippen LogP contribution in [0, 0.1) is 0 Å². The van der Waals surface area contributed by atoms with E-state index < -0.39 is 5.97 Å². The summed E-state index contributed by atoms with van der Waals surface area (Å²) in [5.74, 6) is 0.450. The van der Waals surface area contributed by atoms with Gasteiger partial charge in [0.25, 0.3) is 0 Å². The lowest BCUT2D eigenvalue weighted by molar-refractivity contribution is 0.0563. The minimum atomic E-state index is -0.473. The predicted octanol–water partition coefficient (Wildman–Crippen LogP) is 4.96. The smallest absolute Gasteiger partial charge is 0.373 e. The highest BCUT2D eigenvalue weighted by atomic mass is 32.2. The van der Waals surface area contributed by atoms with Crippen LogP contribution >= 0.6 is 11.8 Å². The second-order valence-corrected chi connectivity index (χ2v) is 8.30. The van der Waals surface area contributed by atoms with Crippen LogP contribution in [0.2, 0.25) is 0 Å². The van der Waals surface area contributed by atoms with E-state index in [4.69, 9.17) is 18.9 Å². The molecule has 4 rings (SSSR count). The summed E-state index contributed by atoms with van der Waals surface area (Å²) in [7, 11) is 1.34. The standard InChI is InChI=1S/C22H24N2O4S/c1-15(19-10-11-20(28-19)21(25)26-2)29-22-23-13-18(16-7-4-3-5-8-16)24(22)14-17-9-6-12-27-17/h3-5,7-8,10-11,13,15,17H,6,9,12,14H2,1-2H3. The number of aromatic nitrogens is 2. The van der Waals surface area contributed by atoms with E-state index in [1.54, 1.807) is 17.8 Å². The number of ether oxygens (including phenoxy) is 2. The summed E-state index contributed by atoms with van der Waals surface area (Å²) < 4.78 is 18.5. The zero-order valence-electron chi connectivity index (χ0n) is 16.5. The minimum absolute atomic E-state index is 0.0114. The Morgan fingerprint density at radius 1 is 1.31 bits per heavy atom. The number of carbonyl (C=O) groups excluding carboxylic acids is 1. The number of methoxy groups -OCH3 is 1. The lowest BCUT2D eigenvalue weighted by Crippen LogP contribution is -2.16. The third-order valence-electron chi connectivity index (χ3n) is 4.99. The number of hydrogen-bond donors (Lipinski definition) is 0. The van der Waals surface area contributed by atoms with E-state index >= 15 is 0 Å². The average molecular weight is 413 g/mol. The first-order valence-electron chi connectivity index (χ1n) is 9.73. The van der Waals surface area contributed by atoms with Crippen LogP contribution in [0.15, 0.2) is 58.2 Å². The fraction of sp³-hybridized carbons (Fsp3) is 0.364. The molecular formula is C22H24N2O4S. The normalized spacial score (nSPS) is 17.4. The Hall–Kier alpha value is -2.51. The van der Waals surface area contributed by atoms with Gasteiger partial charge < -0.3 is 18.5 Å². The minimum Gasteiger partial charge on any atom is -0.463 e. The summed E-state index contributed by atoms with van der Waals surface area (Å²) in [6, 6.07) is 13.7. The molecule has 3 aromatic rings. The van der Waals surface area contributed by atoms with Crippen molar-refractivity contribution in [3.8, 4) is 11.3 Å². The molecule has 2 unspecified atom stereocenters. The van der Waals surface area contributed by atoms with Gasteiger partial charge in [-0.3, -0.25) is 0 Å². The van der Waals surface area contributed by atoms with Gasteiger partial charge >= 0.3 is 5.97 Å². The van der Waals surface area contributed by atoms with Crippen LogP contribution in [0.1, 0.15) is 41.3 Å². The Morgan fingerprint density at radius 2 is 2.14 bits per heavy atom. The lowest BCUT2D eigenvalue weighted by Gasteiger charge is -2.17. The number of nitrogens with zero attached hydrogens (tertiary/aromatic N) is 2. The van der Waals surface area contributed by atoms with Gasteiger partial charge in [0, 0.05) is 6.61 Å². The molecule has 0 bridgehead atoms. The molecule has 1 aliphatic rings. The largest absolute Gasteiger partial charge is 0.463 e. The number of hydrogen-bond acceptors (Lipinski definition) is 6. The maximum atomic E-state index is 11.7. The van der Waals surface area contributed by atoms with Crippen molar-refractivity contribution in [3.63, 3.8) is 0 Å². The van der Waals surface area contributed by atoms with Gasteiger partial charge in [-0.1, -0.05) is 42.1 Å². The molecule has 0 saturated carbocycles. The molecular weight excluding hydrogens is 388 g/mol. The van der Waals surface area contributed by atoms with E-state index in [1.165, 1.54) is 7.11 Å². The Morgan fingerprint density at radius 3 is 2.86 bits per heavy atom. The Labute approximate surface area is 174 Å². The number of thioether (sulfide) groups is 1. The Kier molecular flexibility index (Phi) is 6.06. The van der Waals surface area contributed by atoms with Crippen molar-refractivity contribution < 1.29 is 18.7 Å². The zero-order chi connectivity index (χ0) is 20.2. The Balaban J connectivity index is 1.59. The summed E-state index contributed by atoms with van der Waals surface area (Å²) in [5.41, 5.74) is 2.20. The van der Waals surface area contributed by atoms with E-state index in [2.05, 4.69) is 16.7 Å². The van der Waals surface area contributed by atoms with E-state index in [1.807, 2.05) is 37.4 Å². The van der Waals surface area contributed by atoms with Gasteiger partial charge in [-0.05, 0) is 37.5 Å². The van der Waals surface area contributed by atoms with Gasteiger partial charge in [0.2, 0.25) is 5.76 Å². The maximum absolute atomic E-state index is 11.7. The van der Waals surface area contributed by atoms with Gasteiger partial charge in [-0.15, -0.1) is 0 Å². The van der Waals surface area contributed by atoms with E-state index in [0.29, 0.717) is 5.76 Å². The highest BCUT2D eigenvalue weighted by Crippen LogP contribution is 2.37. The van der Waals surface area contributed by atoms with Gasteiger partial charge in [-0.2, -0.15) is 0 Å². The van der Waals surface area contributed by atoms with Gasteiger partial charge in [-0.25, -0.2) is 9.78 Å². The number of carbonyl (C=O) groups is 1. The summed E-state index contributed by atoms with van der Waals surface area (Å²) in [4.78, 5) is 16.4. The number of furan rings is 1. The van der Waals surface area contributed by atoms with Crippen molar-refractivity contribution in [2.24, 2.45) is 0 Å². The van der Waals surface area contributed by atoms with Crippen LogP contribution < -0.4 is 0 Å². The van der Waals surface area contributed by atoms with Gasteiger partial charge in [0.05, 0.1) is 36.9 Å². The monoisotopic (exact) mass is 412 g/mol. The highest BCUT2D eigenvalue weighted by Gasteiger charge is 2.23. The van der Waals surface area contributed by atoms with Crippen molar-refractivity contribution >= 4 is 17.7 Å². The van der Waals surface area contributed by atoms with E-state index in [0.717, 1.165) is 42.4 Å². The summed E-state index contributed by atoms with van der Waals surface area (Å²) in [6.45, 7) is 3.63. The number of rotatable bonds is 7. The van der Waals surface area contributed by atoms with Crippen LogP contribution in [-0.2, 0) is 16.0 Å². The van der Waals surface area contributed by atoms with Crippen molar-refractivity contribution in [2.45, 2.75) is 42.8 Å². The van der Waals surface area contributed by atoms with Crippen LogP contribution in [0.3, 0.4) is 0 Å². The molecule has 152 valence electrons. The molecule has 3 heterocycles. The molecule has 2 aromatic heterocycles. The molecule has 7 heteroatoms. The van der Waals surface area contributed by atoms with E-state index in [9.17, 15) is 4.79 Å². The third-order valence-corrected chi connectivity index (χ3v) is 6.12. The van der Waals surface area contributed by atoms with Crippen molar-refractivity contribution in [3.05, 3.63) is 60.2 Å². The third kappa shape index (κ3) is 4.41. The molecule has 1 fully saturated rings. The van der Waals surface area contributed by atoms with Crippen LogP contribution in [0.25, 0.3) is 11.3 Å². The molecule has 0 amide bonds. The summed E-state index contributed by atoms with van der Waals surface area (Å²) >= 11 is 1.61. The molecule has 6 nitrogen and oxygen atoms in total. The Bertz CT molecular complexity index is 960. The first kappa shape index (κ1) is 19.8. The highest BCUT2D eigenvalue weighted by molar-refractivity contribution is 7.99. The molecule has 0 radical (unpaired) electrons. The average Bonchev–Trinajstić information content (AvgIpc) is 3.50. The SMILES string of the molecule is COC(=O)c1ccc(C(C)Sc2ncc(-c3ccccc3)n2CC2CCCO2)o1. The molecule has 1 aliphatic heterocycles. The van der Waals surface area contributed by atoms with Gasteiger partial charge in [0.15, 0.2) is 5.16 Å². The van der Waals surface area contributed by atoms with Crippen molar-refractivity contribution in [2.75, 3.05) is 13.7 Å². The predicted molar refractivity (Wildman–Crippen MR) is 111 cm³/mol. The molecule has 1 saturated heterocycles. The first-order valence-corrected chi connectivity index (χ1v) is 10.6. The quantitative estimate of drug-likeness (QED) is 0.404. The number of benzene rings is 1. The second-order valence-electron chi connectivity index (χ2n) is 6.99. The fourth-order valence-electron chi connectivity index (χ4n) is 3.46. The van der Waals surface area contributed by atoms with Crippen molar-refractivity contribution in [1.29, 1.82) is 0 Å². The molecule has 1 aromatic carbocycles. The topological polar surface area (TPSA) is 66.5 Å². The molecule has 2 atom stereocenters. The fourth-order valence-corrected chi connectivity index (χ4v) is 4.43. The van der Waals surface area contributed by atoms with Crippen LogP contribution in [-0.4, -0.2) is 35.3 Å². The van der Waals surface area contributed by atoms with Crippen molar-refractivity contribution in [1.82, 2.24) is 9.55 Å². The molecule has 0 spiro atoms. The van der Waals surface area contributed by atoms with E-state index in [-0.39, 0.29) is 17.1 Å².